The molecular weight excluding hydrogens is 486 g/mol. The van der Waals surface area contributed by atoms with Crippen LogP contribution >= 0.6 is 45.8 Å². The number of nitrogens with one attached hydrogen (secondary N) is 1. The third-order valence-electron chi connectivity index (χ3n) is 3.03. The Labute approximate surface area is 164 Å². The monoisotopic (exact) mass is 498 g/mol. The maximum Gasteiger partial charge on any atom is 0.245 e. The number of anilines is 2. The summed E-state index contributed by atoms with van der Waals surface area (Å²) in [4.78, 5) is 12.3. The SMILES string of the molecule is CS(=O)(=O)N(CC(=O)Nc1cccc(Cl)c1Cl)c1ccc(I)cc1. The first-order valence-electron chi connectivity index (χ1n) is 6.65. The molecule has 0 unspecified atom stereocenters. The maximum absolute atomic E-state index is 12.3. The second-order valence-corrected chi connectivity index (χ2v) is 8.83. The van der Waals surface area contributed by atoms with Gasteiger partial charge in [0.05, 0.1) is 27.7 Å². The van der Waals surface area contributed by atoms with Crippen LogP contribution in [0.25, 0.3) is 0 Å². The lowest BCUT2D eigenvalue weighted by atomic mass is 10.3. The van der Waals surface area contributed by atoms with Crippen molar-refractivity contribution in [2.24, 2.45) is 0 Å². The number of sulfonamides is 1. The molecule has 2 rings (SSSR count). The minimum absolute atomic E-state index is 0.202. The summed E-state index contributed by atoms with van der Waals surface area (Å²) in [5.41, 5.74) is 0.732. The quantitative estimate of drug-likeness (QED) is 0.633. The van der Waals surface area contributed by atoms with Crippen LogP contribution in [0.2, 0.25) is 10.0 Å². The average Bonchev–Trinajstić information content (AvgIpc) is 2.49. The topological polar surface area (TPSA) is 66.5 Å². The number of rotatable bonds is 5. The van der Waals surface area contributed by atoms with Crippen LogP contribution in [0.1, 0.15) is 0 Å². The lowest BCUT2D eigenvalue weighted by Crippen LogP contribution is -2.37. The maximum atomic E-state index is 12.3. The van der Waals surface area contributed by atoms with E-state index in [4.69, 9.17) is 23.2 Å². The Bertz CT molecular complexity index is 858. The third kappa shape index (κ3) is 4.98. The van der Waals surface area contributed by atoms with Crippen molar-refractivity contribution in [3.05, 3.63) is 56.1 Å². The van der Waals surface area contributed by atoms with Crippen LogP contribution in [0, 0.1) is 3.57 Å². The molecular formula is C15H13Cl2IN2O3S. The van der Waals surface area contributed by atoms with E-state index in [2.05, 4.69) is 27.9 Å². The van der Waals surface area contributed by atoms with Gasteiger partial charge < -0.3 is 5.32 Å². The first kappa shape index (κ1) is 19.3. The van der Waals surface area contributed by atoms with Crippen LogP contribution in [0.5, 0.6) is 0 Å². The van der Waals surface area contributed by atoms with Gasteiger partial charge in [-0.3, -0.25) is 9.10 Å². The molecule has 0 aromatic heterocycles. The molecule has 2 aromatic rings. The second kappa shape index (κ2) is 7.90. The molecule has 0 heterocycles. The molecule has 5 nitrogen and oxygen atoms in total. The number of carbonyl (C=O) groups excluding carboxylic acids is 1. The van der Waals surface area contributed by atoms with Gasteiger partial charge >= 0.3 is 0 Å². The van der Waals surface area contributed by atoms with E-state index < -0.39 is 15.9 Å². The van der Waals surface area contributed by atoms with Crippen molar-refractivity contribution in [1.29, 1.82) is 0 Å². The summed E-state index contributed by atoms with van der Waals surface area (Å²) in [6.07, 6.45) is 1.05. The minimum atomic E-state index is -3.63. The Balaban J connectivity index is 2.22. The molecule has 0 aliphatic carbocycles. The van der Waals surface area contributed by atoms with Gasteiger partial charge in [-0.05, 0) is 59.0 Å². The number of nitrogens with zero attached hydrogens (tertiary/aromatic N) is 1. The summed E-state index contributed by atoms with van der Waals surface area (Å²) in [6, 6.07) is 11.6. The predicted molar refractivity (Wildman–Crippen MR) is 106 cm³/mol. The third-order valence-corrected chi connectivity index (χ3v) is 5.71. The van der Waals surface area contributed by atoms with E-state index in [0.29, 0.717) is 16.4 Å². The van der Waals surface area contributed by atoms with Crippen molar-refractivity contribution in [2.45, 2.75) is 0 Å². The van der Waals surface area contributed by atoms with Crippen LogP contribution in [-0.2, 0) is 14.8 Å². The Kier molecular flexibility index (Phi) is 6.35. The summed E-state index contributed by atoms with van der Waals surface area (Å²) in [5.74, 6) is -0.525. The Morgan fingerprint density at radius 2 is 1.79 bits per heavy atom. The van der Waals surface area contributed by atoms with Gasteiger partial charge in [-0.15, -0.1) is 0 Å². The molecule has 2 aromatic carbocycles. The highest BCUT2D eigenvalue weighted by Gasteiger charge is 2.21. The van der Waals surface area contributed by atoms with Crippen molar-refractivity contribution < 1.29 is 13.2 Å². The van der Waals surface area contributed by atoms with Crippen LogP contribution < -0.4 is 9.62 Å². The molecule has 0 aliphatic rings. The highest BCUT2D eigenvalue weighted by atomic mass is 127. The molecule has 0 fully saturated rings. The Morgan fingerprint density at radius 1 is 1.17 bits per heavy atom. The highest BCUT2D eigenvalue weighted by Crippen LogP contribution is 2.29. The van der Waals surface area contributed by atoms with Crippen LogP contribution in [0.15, 0.2) is 42.5 Å². The summed E-state index contributed by atoms with van der Waals surface area (Å²) < 4.78 is 26.0. The highest BCUT2D eigenvalue weighted by molar-refractivity contribution is 14.1. The molecule has 24 heavy (non-hydrogen) atoms. The van der Waals surface area contributed by atoms with Gasteiger partial charge in [-0.1, -0.05) is 29.3 Å². The first-order valence-corrected chi connectivity index (χ1v) is 10.3. The van der Waals surface area contributed by atoms with Crippen LogP contribution in [-0.4, -0.2) is 27.1 Å². The lowest BCUT2D eigenvalue weighted by Gasteiger charge is -2.22. The zero-order valence-electron chi connectivity index (χ0n) is 12.5. The van der Waals surface area contributed by atoms with Crippen molar-refractivity contribution in [1.82, 2.24) is 0 Å². The molecule has 0 spiro atoms. The molecule has 1 N–H and O–H groups in total. The zero-order valence-corrected chi connectivity index (χ0v) is 16.9. The summed E-state index contributed by atoms with van der Waals surface area (Å²) >= 11 is 14.0. The molecule has 0 radical (unpaired) electrons. The van der Waals surface area contributed by atoms with Gasteiger partial charge in [0.1, 0.15) is 6.54 Å². The number of carbonyl (C=O) groups is 1. The number of halogens is 3. The van der Waals surface area contributed by atoms with Gasteiger partial charge in [-0.2, -0.15) is 0 Å². The molecule has 9 heteroatoms. The lowest BCUT2D eigenvalue weighted by molar-refractivity contribution is -0.114. The smallest absolute Gasteiger partial charge is 0.245 e. The fourth-order valence-corrected chi connectivity index (χ4v) is 3.49. The fourth-order valence-electron chi connectivity index (χ4n) is 1.93. The standard InChI is InChI=1S/C15H13Cl2IN2O3S/c1-24(22,23)20(11-7-5-10(18)6-8-11)9-14(21)19-13-4-2-3-12(16)15(13)17/h2-8H,9H2,1H3,(H,19,21). The van der Waals surface area contributed by atoms with E-state index in [1.54, 1.807) is 42.5 Å². The van der Waals surface area contributed by atoms with E-state index in [9.17, 15) is 13.2 Å². The van der Waals surface area contributed by atoms with E-state index >= 15 is 0 Å². The van der Waals surface area contributed by atoms with Crippen molar-refractivity contribution in [3.8, 4) is 0 Å². The fraction of sp³-hybridized carbons (Fsp3) is 0.133. The average molecular weight is 499 g/mol. The van der Waals surface area contributed by atoms with E-state index in [1.165, 1.54) is 0 Å². The summed E-state index contributed by atoms with van der Waals surface area (Å²) in [7, 11) is -3.63. The summed E-state index contributed by atoms with van der Waals surface area (Å²) in [6.45, 7) is -0.373. The molecule has 0 bridgehead atoms. The van der Waals surface area contributed by atoms with Gasteiger partial charge in [0, 0.05) is 3.57 Å². The van der Waals surface area contributed by atoms with Gasteiger partial charge in [0.2, 0.25) is 15.9 Å². The molecule has 0 atom stereocenters. The number of hydrogen-bond acceptors (Lipinski definition) is 3. The zero-order chi connectivity index (χ0) is 17.9. The van der Waals surface area contributed by atoms with E-state index in [-0.39, 0.29) is 11.6 Å². The van der Waals surface area contributed by atoms with Crippen molar-refractivity contribution >= 4 is 73.1 Å². The number of hydrogen-bond donors (Lipinski definition) is 1. The van der Waals surface area contributed by atoms with E-state index in [1.807, 2.05) is 0 Å². The van der Waals surface area contributed by atoms with Crippen molar-refractivity contribution in [3.63, 3.8) is 0 Å². The molecule has 0 aliphatic heterocycles. The van der Waals surface area contributed by atoms with Gasteiger partial charge in [0.25, 0.3) is 0 Å². The molecule has 128 valence electrons. The second-order valence-electron chi connectivity index (χ2n) is 4.90. The summed E-state index contributed by atoms with van der Waals surface area (Å²) in [5, 5.41) is 3.07. The Hall–Kier alpha value is -1.03. The van der Waals surface area contributed by atoms with Crippen molar-refractivity contribution in [2.75, 3.05) is 22.4 Å². The van der Waals surface area contributed by atoms with E-state index in [0.717, 1.165) is 14.1 Å². The van der Waals surface area contributed by atoms with Crippen LogP contribution in [0.4, 0.5) is 11.4 Å². The molecule has 0 saturated carbocycles. The first-order chi connectivity index (χ1) is 11.2. The minimum Gasteiger partial charge on any atom is -0.323 e. The predicted octanol–water partition coefficient (Wildman–Crippen LogP) is 4.00. The van der Waals surface area contributed by atoms with Gasteiger partial charge in [0.15, 0.2) is 0 Å². The normalized spacial score (nSPS) is 11.2. The number of benzene rings is 2. The Morgan fingerprint density at radius 3 is 2.38 bits per heavy atom. The van der Waals surface area contributed by atoms with Crippen LogP contribution in [0.3, 0.4) is 0 Å². The largest absolute Gasteiger partial charge is 0.323 e. The van der Waals surface area contributed by atoms with Gasteiger partial charge in [-0.25, -0.2) is 8.42 Å². The molecule has 0 saturated heterocycles. The number of amides is 1. The molecule has 1 amide bonds.